The molecule has 1 unspecified atom stereocenters. The highest BCUT2D eigenvalue weighted by molar-refractivity contribution is 5.90. The Bertz CT molecular complexity index is 485. The van der Waals surface area contributed by atoms with Crippen LogP contribution in [0.5, 0.6) is 5.75 Å². The average molecular weight is 308 g/mol. The van der Waals surface area contributed by atoms with Gasteiger partial charge in [-0.2, -0.15) is 0 Å². The van der Waals surface area contributed by atoms with E-state index in [2.05, 4.69) is 17.6 Å². The minimum Gasteiger partial charge on any atom is -0.494 e. The summed E-state index contributed by atoms with van der Waals surface area (Å²) in [5.74, 6) is 0.811. The number of hydrogen-bond donors (Lipinski definition) is 3. The zero-order valence-electron chi connectivity index (χ0n) is 14.0. The predicted molar refractivity (Wildman–Crippen MR) is 89.5 cm³/mol. The van der Waals surface area contributed by atoms with Gasteiger partial charge in [-0.1, -0.05) is 20.3 Å². The van der Waals surface area contributed by atoms with Gasteiger partial charge in [-0.05, 0) is 50.5 Å². The van der Waals surface area contributed by atoms with Crippen LogP contribution in [0.25, 0.3) is 0 Å². The van der Waals surface area contributed by atoms with Crippen LogP contribution in [-0.2, 0) is 0 Å². The first kappa shape index (κ1) is 18.3. The van der Waals surface area contributed by atoms with E-state index in [9.17, 15) is 9.90 Å². The van der Waals surface area contributed by atoms with E-state index in [1.54, 1.807) is 0 Å². The van der Waals surface area contributed by atoms with Gasteiger partial charge in [-0.3, -0.25) is 0 Å². The molecule has 3 N–H and O–H groups in total. The summed E-state index contributed by atoms with van der Waals surface area (Å²) in [6.07, 6.45) is 2.78. The van der Waals surface area contributed by atoms with Gasteiger partial charge in [0.15, 0.2) is 0 Å². The molecule has 1 atom stereocenters. The van der Waals surface area contributed by atoms with Gasteiger partial charge in [-0.15, -0.1) is 0 Å². The van der Waals surface area contributed by atoms with Crippen molar-refractivity contribution in [2.45, 2.75) is 52.5 Å². The van der Waals surface area contributed by atoms with Crippen LogP contribution in [-0.4, -0.2) is 29.9 Å². The molecule has 22 heavy (non-hydrogen) atoms. The van der Waals surface area contributed by atoms with E-state index >= 15 is 0 Å². The number of hydrogen-bond acceptors (Lipinski definition) is 3. The predicted octanol–water partition coefficient (Wildman–Crippen LogP) is 3.46. The number of unbranched alkanes of at least 4 members (excludes halogenated alkanes) is 1. The van der Waals surface area contributed by atoms with Gasteiger partial charge < -0.3 is 20.5 Å². The number of aliphatic hydroxyl groups excluding tert-OH is 1. The van der Waals surface area contributed by atoms with Crippen molar-refractivity contribution in [2.75, 3.05) is 18.5 Å². The standard InChI is InChI=1S/C17H28N2O3/c1-5-7-10-22-14-8-9-15(13(3)11-14)18-16(21)19-17(4,6-2)12-20/h8-9,11,20H,5-7,10,12H2,1-4H3,(H2,18,19,21). The topological polar surface area (TPSA) is 70.6 Å². The minimum absolute atomic E-state index is 0.0971. The maximum Gasteiger partial charge on any atom is 0.319 e. The fraction of sp³-hybridized carbons (Fsp3) is 0.588. The molecular weight excluding hydrogens is 280 g/mol. The van der Waals surface area contributed by atoms with Gasteiger partial charge >= 0.3 is 6.03 Å². The zero-order valence-corrected chi connectivity index (χ0v) is 14.0. The van der Waals surface area contributed by atoms with E-state index < -0.39 is 5.54 Å². The lowest BCUT2D eigenvalue weighted by Crippen LogP contribution is -2.50. The molecule has 0 spiro atoms. The van der Waals surface area contributed by atoms with Crippen LogP contribution in [0.3, 0.4) is 0 Å². The Morgan fingerprint density at radius 1 is 1.36 bits per heavy atom. The van der Waals surface area contributed by atoms with E-state index in [-0.39, 0.29) is 12.6 Å². The van der Waals surface area contributed by atoms with Crippen molar-refractivity contribution >= 4 is 11.7 Å². The second kappa shape index (κ2) is 8.63. The number of nitrogens with one attached hydrogen (secondary N) is 2. The monoisotopic (exact) mass is 308 g/mol. The molecule has 0 aromatic heterocycles. The number of ether oxygens (including phenoxy) is 1. The number of benzene rings is 1. The number of urea groups is 1. The molecule has 0 saturated heterocycles. The van der Waals surface area contributed by atoms with E-state index in [1.165, 1.54) is 0 Å². The summed E-state index contributed by atoms with van der Waals surface area (Å²) in [7, 11) is 0. The van der Waals surface area contributed by atoms with Gasteiger partial charge in [0.05, 0.1) is 18.8 Å². The van der Waals surface area contributed by atoms with Crippen molar-refractivity contribution in [3.05, 3.63) is 23.8 Å². The first-order valence-electron chi connectivity index (χ1n) is 7.87. The highest BCUT2D eigenvalue weighted by Gasteiger charge is 2.23. The molecule has 5 nitrogen and oxygen atoms in total. The number of amides is 2. The lowest BCUT2D eigenvalue weighted by molar-refractivity contribution is 0.172. The van der Waals surface area contributed by atoms with Gasteiger partial charge in [-0.25, -0.2) is 4.79 Å². The molecule has 124 valence electrons. The second-order valence-corrected chi connectivity index (χ2v) is 5.83. The number of carbonyl (C=O) groups excluding carboxylic acids is 1. The van der Waals surface area contributed by atoms with Gasteiger partial charge in [0, 0.05) is 5.69 Å². The Kier molecular flexibility index (Phi) is 7.18. The molecule has 2 amide bonds. The van der Waals surface area contributed by atoms with Gasteiger partial charge in [0.1, 0.15) is 5.75 Å². The summed E-state index contributed by atoms with van der Waals surface area (Å²) in [4.78, 5) is 12.0. The molecule has 0 heterocycles. The minimum atomic E-state index is -0.610. The first-order valence-corrected chi connectivity index (χ1v) is 7.87. The lowest BCUT2D eigenvalue weighted by atomic mass is 10.0. The van der Waals surface area contributed by atoms with Crippen LogP contribution < -0.4 is 15.4 Å². The summed E-state index contributed by atoms with van der Waals surface area (Å²) in [6, 6.07) is 5.28. The number of carbonyl (C=O) groups is 1. The Morgan fingerprint density at radius 2 is 2.09 bits per heavy atom. The highest BCUT2D eigenvalue weighted by atomic mass is 16.5. The zero-order chi connectivity index (χ0) is 16.6. The van der Waals surface area contributed by atoms with Gasteiger partial charge in [0.25, 0.3) is 0 Å². The Morgan fingerprint density at radius 3 is 2.64 bits per heavy atom. The third-order valence-electron chi connectivity index (χ3n) is 3.76. The normalized spacial score (nSPS) is 13.3. The van der Waals surface area contributed by atoms with Crippen molar-refractivity contribution in [1.29, 1.82) is 0 Å². The summed E-state index contributed by atoms with van der Waals surface area (Å²) in [5.41, 5.74) is 1.06. The van der Waals surface area contributed by atoms with Crippen molar-refractivity contribution in [3.8, 4) is 5.75 Å². The lowest BCUT2D eigenvalue weighted by Gasteiger charge is -2.27. The van der Waals surface area contributed by atoms with E-state index in [0.29, 0.717) is 13.0 Å². The molecule has 0 aliphatic heterocycles. The molecule has 1 rings (SSSR count). The van der Waals surface area contributed by atoms with Crippen LogP contribution >= 0.6 is 0 Å². The highest BCUT2D eigenvalue weighted by Crippen LogP contribution is 2.22. The van der Waals surface area contributed by atoms with Crippen molar-refractivity contribution in [3.63, 3.8) is 0 Å². The molecule has 0 aliphatic carbocycles. The summed E-state index contributed by atoms with van der Waals surface area (Å²) >= 11 is 0. The summed E-state index contributed by atoms with van der Waals surface area (Å²) in [6.45, 7) is 8.38. The average Bonchev–Trinajstić information content (AvgIpc) is 2.50. The van der Waals surface area contributed by atoms with Crippen LogP contribution in [0.4, 0.5) is 10.5 Å². The van der Waals surface area contributed by atoms with Gasteiger partial charge in [0.2, 0.25) is 0 Å². The summed E-state index contributed by atoms with van der Waals surface area (Å²) in [5, 5.41) is 14.9. The summed E-state index contributed by atoms with van der Waals surface area (Å²) < 4.78 is 5.64. The number of anilines is 1. The first-order chi connectivity index (χ1) is 10.4. The van der Waals surface area contributed by atoms with Crippen molar-refractivity contribution in [2.24, 2.45) is 0 Å². The molecule has 0 radical (unpaired) electrons. The fourth-order valence-electron chi connectivity index (χ4n) is 1.87. The molecule has 1 aromatic carbocycles. The molecule has 1 aromatic rings. The smallest absolute Gasteiger partial charge is 0.319 e. The Labute approximate surface area is 133 Å². The number of rotatable bonds is 8. The maximum atomic E-state index is 12.0. The second-order valence-electron chi connectivity index (χ2n) is 5.83. The Balaban J connectivity index is 2.64. The quantitative estimate of drug-likeness (QED) is 0.644. The Hall–Kier alpha value is -1.75. The molecule has 0 aliphatic rings. The maximum absolute atomic E-state index is 12.0. The molecule has 0 bridgehead atoms. The SMILES string of the molecule is CCCCOc1ccc(NC(=O)NC(C)(CC)CO)c(C)c1. The van der Waals surface area contributed by atoms with E-state index in [1.807, 2.05) is 39.0 Å². The van der Waals surface area contributed by atoms with E-state index in [4.69, 9.17) is 4.74 Å². The number of aliphatic hydroxyl groups is 1. The van der Waals surface area contributed by atoms with Crippen molar-refractivity contribution < 1.29 is 14.6 Å². The molecule has 0 saturated carbocycles. The van der Waals surface area contributed by atoms with Crippen LogP contribution in [0.1, 0.15) is 45.6 Å². The third kappa shape index (κ3) is 5.56. The van der Waals surface area contributed by atoms with E-state index in [0.717, 1.165) is 29.8 Å². The fourth-order valence-corrected chi connectivity index (χ4v) is 1.87. The largest absolute Gasteiger partial charge is 0.494 e. The molecule has 5 heteroatoms. The van der Waals surface area contributed by atoms with Crippen LogP contribution in [0.15, 0.2) is 18.2 Å². The van der Waals surface area contributed by atoms with Crippen LogP contribution in [0.2, 0.25) is 0 Å². The van der Waals surface area contributed by atoms with Crippen LogP contribution in [0, 0.1) is 6.92 Å². The third-order valence-corrected chi connectivity index (χ3v) is 3.76. The van der Waals surface area contributed by atoms with Crippen molar-refractivity contribution in [1.82, 2.24) is 5.32 Å². The molecular formula is C17H28N2O3. The number of aryl methyl sites for hydroxylation is 1. The molecule has 0 fully saturated rings.